The molecule has 1 heteroatoms. The van der Waals surface area contributed by atoms with Crippen LogP contribution in [0.4, 0.5) is 0 Å². The predicted octanol–water partition coefficient (Wildman–Crippen LogP) is 1.78. The molecule has 1 saturated carbocycles. The van der Waals surface area contributed by atoms with E-state index in [-0.39, 0.29) is 0 Å². The molecule has 0 aromatic rings. The molecule has 0 heterocycles. The van der Waals surface area contributed by atoms with Gasteiger partial charge in [0.15, 0.2) is 0 Å². The number of ether oxygens (including phenoxy) is 1. The van der Waals surface area contributed by atoms with Gasteiger partial charge in [0.2, 0.25) is 0 Å². The second kappa shape index (κ2) is 3.08. The van der Waals surface area contributed by atoms with Crippen molar-refractivity contribution in [2.24, 2.45) is 0 Å². The number of hydrogen-bond donors (Lipinski definition) is 0. The van der Waals surface area contributed by atoms with Crippen molar-refractivity contribution >= 4 is 0 Å². The summed E-state index contributed by atoms with van der Waals surface area (Å²) in [7, 11) is 0. The van der Waals surface area contributed by atoms with Crippen molar-refractivity contribution in [2.45, 2.75) is 32.3 Å². The number of rotatable bonds is 4. The van der Waals surface area contributed by atoms with E-state index in [9.17, 15) is 0 Å². The Morgan fingerprint density at radius 3 is 3.00 bits per heavy atom. The maximum absolute atomic E-state index is 5.34. The maximum Gasteiger partial charge on any atom is 0.0611 e. The topological polar surface area (TPSA) is 9.23 Å². The lowest BCUT2D eigenvalue weighted by atomic mass is 10.4. The molecule has 1 nitrogen and oxygen atoms in total. The summed E-state index contributed by atoms with van der Waals surface area (Å²) in [6.07, 6.45) is 6.36. The first kappa shape index (κ1) is 6.09. The molecule has 0 bridgehead atoms. The van der Waals surface area contributed by atoms with E-state index >= 15 is 0 Å². The van der Waals surface area contributed by atoms with Gasteiger partial charge in [-0.1, -0.05) is 13.3 Å². The Labute approximate surface area is 51.0 Å². The highest BCUT2D eigenvalue weighted by atomic mass is 16.5. The minimum atomic E-state index is 0.529. The summed E-state index contributed by atoms with van der Waals surface area (Å²) < 4.78 is 5.34. The number of hydrogen-bond acceptors (Lipinski definition) is 1. The van der Waals surface area contributed by atoms with Gasteiger partial charge < -0.3 is 4.74 Å². The summed E-state index contributed by atoms with van der Waals surface area (Å²) in [4.78, 5) is 0. The van der Waals surface area contributed by atoms with Gasteiger partial charge in [0.1, 0.15) is 0 Å². The van der Waals surface area contributed by atoms with Crippen LogP contribution in [0, 0.1) is 6.42 Å². The third-order valence-electron chi connectivity index (χ3n) is 1.26. The van der Waals surface area contributed by atoms with Crippen molar-refractivity contribution in [3.63, 3.8) is 0 Å². The quantitative estimate of drug-likeness (QED) is 0.505. The molecular formula is C7H13O. The molecule has 1 unspecified atom stereocenters. The zero-order valence-corrected chi connectivity index (χ0v) is 5.39. The molecule has 0 aromatic heterocycles. The van der Waals surface area contributed by atoms with E-state index in [2.05, 4.69) is 13.3 Å². The second-order valence-corrected chi connectivity index (χ2v) is 2.23. The van der Waals surface area contributed by atoms with Crippen LogP contribution in [0.15, 0.2) is 0 Å². The zero-order valence-electron chi connectivity index (χ0n) is 5.39. The van der Waals surface area contributed by atoms with E-state index in [0.717, 1.165) is 6.61 Å². The molecule has 1 fully saturated rings. The normalized spacial score (nSPS) is 19.1. The summed E-state index contributed by atoms with van der Waals surface area (Å²) in [6.45, 7) is 3.14. The van der Waals surface area contributed by atoms with Crippen molar-refractivity contribution in [3.05, 3.63) is 6.42 Å². The monoisotopic (exact) mass is 113 g/mol. The Kier molecular flexibility index (Phi) is 2.34. The molecule has 1 rings (SSSR count). The molecular weight excluding hydrogens is 100 g/mol. The SMILES string of the molecule is CCCCOC1[CH]C1. The fourth-order valence-electron chi connectivity index (χ4n) is 0.571. The highest BCUT2D eigenvalue weighted by Gasteiger charge is 2.21. The smallest absolute Gasteiger partial charge is 0.0611 e. The van der Waals surface area contributed by atoms with Crippen LogP contribution in [0.5, 0.6) is 0 Å². The molecule has 47 valence electrons. The van der Waals surface area contributed by atoms with E-state index < -0.39 is 0 Å². The van der Waals surface area contributed by atoms with Crippen molar-refractivity contribution in [1.29, 1.82) is 0 Å². The predicted molar refractivity (Wildman–Crippen MR) is 33.6 cm³/mol. The summed E-state index contributed by atoms with van der Waals surface area (Å²) in [5.41, 5.74) is 0. The van der Waals surface area contributed by atoms with Crippen LogP contribution in [0.2, 0.25) is 0 Å². The third kappa shape index (κ3) is 2.31. The Morgan fingerprint density at radius 2 is 2.50 bits per heavy atom. The van der Waals surface area contributed by atoms with E-state index in [4.69, 9.17) is 4.74 Å². The van der Waals surface area contributed by atoms with Gasteiger partial charge in [-0.15, -0.1) is 0 Å². The van der Waals surface area contributed by atoms with Crippen molar-refractivity contribution in [2.75, 3.05) is 6.61 Å². The molecule has 0 aliphatic heterocycles. The number of unbranched alkanes of at least 4 members (excludes halogenated alkanes) is 1. The minimum absolute atomic E-state index is 0.529. The molecule has 0 amide bonds. The van der Waals surface area contributed by atoms with Crippen molar-refractivity contribution in [1.82, 2.24) is 0 Å². The Balaban J connectivity index is 1.74. The van der Waals surface area contributed by atoms with Crippen LogP contribution in [-0.4, -0.2) is 12.7 Å². The van der Waals surface area contributed by atoms with Gasteiger partial charge in [-0.3, -0.25) is 0 Å². The molecule has 0 spiro atoms. The average molecular weight is 113 g/mol. The van der Waals surface area contributed by atoms with Crippen molar-refractivity contribution in [3.8, 4) is 0 Å². The second-order valence-electron chi connectivity index (χ2n) is 2.23. The van der Waals surface area contributed by atoms with E-state index in [1.165, 1.54) is 19.3 Å². The summed E-state index contributed by atoms with van der Waals surface area (Å²) in [5.74, 6) is 0. The first-order valence-electron chi connectivity index (χ1n) is 3.38. The van der Waals surface area contributed by atoms with Crippen LogP contribution >= 0.6 is 0 Å². The van der Waals surface area contributed by atoms with Crippen molar-refractivity contribution < 1.29 is 4.74 Å². The summed E-state index contributed by atoms with van der Waals surface area (Å²) in [5, 5.41) is 0. The molecule has 8 heavy (non-hydrogen) atoms. The standard InChI is InChI=1S/C7H13O/c1-2-3-6-8-7-4-5-7/h4,7H,2-3,5-6H2,1H3. The van der Waals surface area contributed by atoms with Crippen LogP contribution in [0.25, 0.3) is 0 Å². The van der Waals surface area contributed by atoms with Crippen LogP contribution in [0.3, 0.4) is 0 Å². The molecule has 0 saturated heterocycles. The Morgan fingerprint density at radius 1 is 1.75 bits per heavy atom. The fraction of sp³-hybridized carbons (Fsp3) is 0.857. The van der Waals surface area contributed by atoms with E-state index in [1.807, 2.05) is 0 Å². The third-order valence-corrected chi connectivity index (χ3v) is 1.26. The van der Waals surface area contributed by atoms with Gasteiger partial charge in [-0.2, -0.15) is 0 Å². The average Bonchev–Trinajstić information content (AvgIpc) is 2.51. The minimum Gasteiger partial charge on any atom is -0.378 e. The molecule has 1 aliphatic carbocycles. The molecule has 1 radical (unpaired) electrons. The lowest BCUT2D eigenvalue weighted by Crippen LogP contribution is -1.94. The largest absolute Gasteiger partial charge is 0.378 e. The van der Waals surface area contributed by atoms with Gasteiger partial charge in [-0.05, 0) is 19.3 Å². The van der Waals surface area contributed by atoms with Crippen LogP contribution < -0.4 is 0 Å². The van der Waals surface area contributed by atoms with Gasteiger partial charge >= 0.3 is 0 Å². The lowest BCUT2D eigenvalue weighted by Gasteiger charge is -1.96. The highest BCUT2D eigenvalue weighted by Crippen LogP contribution is 2.21. The van der Waals surface area contributed by atoms with Gasteiger partial charge in [0.05, 0.1) is 6.10 Å². The first-order valence-corrected chi connectivity index (χ1v) is 3.38. The summed E-state index contributed by atoms with van der Waals surface area (Å²) >= 11 is 0. The molecule has 0 N–H and O–H groups in total. The summed E-state index contributed by atoms with van der Waals surface area (Å²) in [6, 6.07) is 0. The Hall–Kier alpha value is -0.0400. The maximum atomic E-state index is 5.34. The van der Waals surface area contributed by atoms with Gasteiger partial charge in [0.25, 0.3) is 0 Å². The van der Waals surface area contributed by atoms with E-state index in [1.54, 1.807) is 0 Å². The molecule has 0 aromatic carbocycles. The molecule has 1 aliphatic rings. The van der Waals surface area contributed by atoms with Gasteiger partial charge in [-0.25, -0.2) is 0 Å². The first-order chi connectivity index (χ1) is 3.93. The van der Waals surface area contributed by atoms with E-state index in [0.29, 0.717) is 6.10 Å². The zero-order chi connectivity index (χ0) is 5.82. The fourth-order valence-corrected chi connectivity index (χ4v) is 0.571. The van der Waals surface area contributed by atoms with Gasteiger partial charge in [0, 0.05) is 6.61 Å². The molecule has 1 atom stereocenters. The Bertz CT molecular complexity index is 57.4. The van der Waals surface area contributed by atoms with Crippen LogP contribution in [-0.2, 0) is 4.74 Å². The highest BCUT2D eigenvalue weighted by molar-refractivity contribution is 4.96. The lowest BCUT2D eigenvalue weighted by molar-refractivity contribution is 0.124. The van der Waals surface area contributed by atoms with Crippen LogP contribution in [0.1, 0.15) is 26.2 Å².